The van der Waals surface area contributed by atoms with E-state index in [4.69, 9.17) is 5.73 Å². The van der Waals surface area contributed by atoms with Gasteiger partial charge in [-0.25, -0.2) is 0 Å². The van der Waals surface area contributed by atoms with Crippen LogP contribution < -0.4 is 10.6 Å². The summed E-state index contributed by atoms with van der Waals surface area (Å²) in [6.45, 7) is 3.11. The van der Waals surface area contributed by atoms with Crippen molar-refractivity contribution in [3.63, 3.8) is 0 Å². The third-order valence-electron chi connectivity index (χ3n) is 4.10. The molecule has 0 unspecified atom stereocenters. The van der Waals surface area contributed by atoms with E-state index in [1.54, 1.807) is 12.1 Å². The van der Waals surface area contributed by atoms with Crippen molar-refractivity contribution in [2.45, 2.75) is 51.1 Å². The maximum absolute atomic E-state index is 10.9. The zero-order valence-electron chi connectivity index (χ0n) is 12.3. The molecule has 1 aromatic rings. The molecule has 116 valence electrons. The first kappa shape index (κ1) is 16.2. The van der Waals surface area contributed by atoms with Crippen LogP contribution >= 0.6 is 15.9 Å². The molecule has 0 spiro atoms. The SMILES string of the molecule is CCCN(c1ccc([N+](=O)[O-])cc1Br)C1CCC(N)CC1. The number of non-ortho nitro benzene ring substituents is 1. The molecule has 1 aliphatic rings. The zero-order chi connectivity index (χ0) is 15.4. The lowest BCUT2D eigenvalue weighted by Crippen LogP contribution is -2.41. The van der Waals surface area contributed by atoms with Gasteiger partial charge < -0.3 is 10.6 Å². The van der Waals surface area contributed by atoms with Crippen LogP contribution in [0.2, 0.25) is 0 Å². The molecule has 0 radical (unpaired) electrons. The zero-order valence-corrected chi connectivity index (χ0v) is 13.9. The first-order valence-electron chi connectivity index (χ1n) is 7.49. The Morgan fingerprint density at radius 3 is 2.57 bits per heavy atom. The van der Waals surface area contributed by atoms with Gasteiger partial charge in [0, 0.05) is 35.2 Å². The van der Waals surface area contributed by atoms with E-state index in [-0.39, 0.29) is 10.6 Å². The van der Waals surface area contributed by atoms with Gasteiger partial charge in [0.1, 0.15) is 0 Å². The van der Waals surface area contributed by atoms with E-state index in [9.17, 15) is 10.1 Å². The predicted molar refractivity (Wildman–Crippen MR) is 88.7 cm³/mol. The Balaban J connectivity index is 2.23. The van der Waals surface area contributed by atoms with Crippen molar-refractivity contribution in [1.29, 1.82) is 0 Å². The van der Waals surface area contributed by atoms with Gasteiger partial charge >= 0.3 is 0 Å². The lowest BCUT2D eigenvalue weighted by atomic mass is 9.90. The molecule has 2 N–H and O–H groups in total. The standard InChI is InChI=1S/C15H22BrN3O2/c1-2-9-18(12-5-3-11(17)4-6-12)15-8-7-13(19(20)21)10-14(15)16/h7-8,10-12H,2-6,9,17H2,1H3. The first-order chi connectivity index (χ1) is 10.0. The molecule has 0 amide bonds. The Kier molecular flexibility index (Phi) is 5.58. The van der Waals surface area contributed by atoms with Crippen LogP contribution in [0.4, 0.5) is 11.4 Å². The number of hydrogen-bond acceptors (Lipinski definition) is 4. The molecule has 1 fully saturated rings. The van der Waals surface area contributed by atoms with Crippen LogP contribution in [0.25, 0.3) is 0 Å². The molecule has 21 heavy (non-hydrogen) atoms. The smallest absolute Gasteiger partial charge is 0.270 e. The second kappa shape index (κ2) is 7.22. The Hall–Kier alpha value is -1.14. The van der Waals surface area contributed by atoms with Gasteiger partial charge in [0.05, 0.1) is 10.6 Å². The maximum Gasteiger partial charge on any atom is 0.270 e. The van der Waals surface area contributed by atoms with Crippen LogP contribution in [0, 0.1) is 10.1 Å². The largest absolute Gasteiger partial charge is 0.368 e. The van der Waals surface area contributed by atoms with E-state index >= 15 is 0 Å². The van der Waals surface area contributed by atoms with Crippen molar-refractivity contribution in [3.05, 3.63) is 32.8 Å². The summed E-state index contributed by atoms with van der Waals surface area (Å²) < 4.78 is 0.792. The third kappa shape index (κ3) is 3.95. The Morgan fingerprint density at radius 2 is 2.05 bits per heavy atom. The number of nitrogens with two attached hydrogens (primary N) is 1. The average Bonchev–Trinajstić information content (AvgIpc) is 2.46. The number of nitro groups is 1. The van der Waals surface area contributed by atoms with Gasteiger partial charge in [0.2, 0.25) is 0 Å². The van der Waals surface area contributed by atoms with Crippen molar-refractivity contribution in [2.75, 3.05) is 11.4 Å². The predicted octanol–water partition coefficient (Wildman–Crippen LogP) is 3.84. The van der Waals surface area contributed by atoms with E-state index in [1.807, 2.05) is 6.07 Å². The molecule has 0 aromatic heterocycles. The summed E-state index contributed by atoms with van der Waals surface area (Å²) >= 11 is 3.49. The quantitative estimate of drug-likeness (QED) is 0.643. The molecule has 0 aliphatic heterocycles. The Bertz CT molecular complexity index is 502. The van der Waals surface area contributed by atoms with Gasteiger partial charge in [0.25, 0.3) is 5.69 Å². The Labute approximate surface area is 133 Å². The van der Waals surface area contributed by atoms with Gasteiger partial charge in [-0.3, -0.25) is 10.1 Å². The normalized spacial score (nSPS) is 22.0. The summed E-state index contributed by atoms with van der Waals surface area (Å²) in [5, 5.41) is 10.9. The first-order valence-corrected chi connectivity index (χ1v) is 8.28. The fraction of sp³-hybridized carbons (Fsp3) is 0.600. The maximum atomic E-state index is 10.9. The lowest BCUT2D eigenvalue weighted by Gasteiger charge is -2.38. The molecule has 0 heterocycles. The number of nitrogens with zero attached hydrogens (tertiary/aromatic N) is 2. The highest BCUT2D eigenvalue weighted by molar-refractivity contribution is 9.10. The molecule has 1 saturated carbocycles. The van der Waals surface area contributed by atoms with Crippen LogP contribution in [0.5, 0.6) is 0 Å². The summed E-state index contributed by atoms with van der Waals surface area (Å²) in [5.74, 6) is 0. The number of nitro benzene ring substituents is 1. The van der Waals surface area contributed by atoms with Crippen molar-refractivity contribution in [3.8, 4) is 0 Å². The van der Waals surface area contributed by atoms with Crippen LogP contribution in [0.3, 0.4) is 0 Å². The van der Waals surface area contributed by atoms with E-state index in [2.05, 4.69) is 27.8 Å². The molecule has 2 rings (SSSR count). The minimum atomic E-state index is -0.363. The Morgan fingerprint density at radius 1 is 1.38 bits per heavy atom. The number of benzene rings is 1. The number of anilines is 1. The summed E-state index contributed by atoms with van der Waals surface area (Å²) in [7, 11) is 0. The lowest BCUT2D eigenvalue weighted by molar-refractivity contribution is -0.384. The molecule has 1 aliphatic carbocycles. The van der Waals surface area contributed by atoms with Crippen molar-refractivity contribution in [1.82, 2.24) is 0 Å². The van der Waals surface area contributed by atoms with Crippen LogP contribution in [0.15, 0.2) is 22.7 Å². The molecule has 0 saturated heterocycles. The molecular weight excluding hydrogens is 334 g/mol. The molecule has 6 heteroatoms. The minimum absolute atomic E-state index is 0.118. The van der Waals surface area contributed by atoms with Gasteiger partial charge in [-0.15, -0.1) is 0 Å². The van der Waals surface area contributed by atoms with Gasteiger partial charge in [-0.2, -0.15) is 0 Å². The van der Waals surface area contributed by atoms with Crippen LogP contribution in [0.1, 0.15) is 39.0 Å². The van der Waals surface area contributed by atoms with E-state index in [0.717, 1.165) is 48.8 Å². The second-order valence-corrected chi connectivity index (χ2v) is 6.51. The van der Waals surface area contributed by atoms with Crippen LogP contribution in [-0.4, -0.2) is 23.6 Å². The highest BCUT2D eigenvalue weighted by atomic mass is 79.9. The van der Waals surface area contributed by atoms with Crippen molar-refractivity contribution < 1.29 is 4.92 Å². The van der Waals surface area contributed by atoms with E-state index in [1.165, 1.54) is 0 Å². The number of hydrogen-bond donors (Lipinski definition) is 1. The summed E-state index contributed by atoms with van der Waals surface area (Å²) in [6, 6.07) is 5.82. The highest BCUT2D eigenvalue weighted by Gasteiger charge is 2.25. The second-order valence-electron chi connectivity index (χ2n) is 5.65. The van der Waals surface area contributed by atoms with Gasteiger partial charge in [-0.1, -0.05) is 6.92 Å². The fourth-order valence-electron chi connectivity index (χ4n) is 3.00. The van der Waals surface area contributed by atoms with Crippen molar-refractivity contribution in [2.24, 2.45) is 5.73 Å². The molecule has 1 aromatic carbocycles. The molecule has 0 bridgehead atoms. The summed E-state index contributed by atoms with van der Waals surface area (Å²) in [5.41, 5.74) is 7.15. The summed E-state index contributed by atoms with van der Waals surface area (Å²) in [4.78, 5) is 12.9. The molecular formula is C15H22BrN3O2. The monoisotopic (exact) mass is 355 g/mol. The van der Waals surface area contributed by atoms with E-state index in [0.29, 0.717) is 12.1 Å². The topological polar surface area (TPSA) is 72.4 Å². The molecule has 5 nitrogen and oxygen atoms in total. The van der Waals surface area contributed by atoms with E-state index < -0.39 is 0 Å². The number of halogens is 1. The highest BCUT2D eigenvalue weighted by Crippen LogP contribution is 2.34. The van der Waals surface area contributed by atoms with Gasteiger partial charge in [-0.05, 0) is 54.1 Å². The minimum Gasteiger partial charge on any atom is -0.368 e. The van der Waals surface area contributed by atoms with Gasteiger partial charge in [0.15, 0.2) is 0 Å². The molecule has 0 atom stereocenters. The van der Waals surface area contributed by atoms with Crippen LogP contribution in [-0.2, 0) is 0 Å². The third-order valence-corrected chi connectivity index (χ3v) is 4.73. The number of rotatable bonds is 5. The average molecular weight is 356 g/mol. The van der Waals surface area contributed by atoms with Crippen molar-refractivity contribution >= 4 is 27.3 Å². The fourth-order valence-corrected chi connectivity index (χ4v) is 3.59. The summed E-state index contributed by atoms with van der Waals surface area (Å²) in [6.07, 6.45) is 5.33.